The van der Waals surface area contributed by atoms with Gasteiger partial charge in [-0.1, -0.05) is 41.4 Å². The van der Waals surface area contributed by atoms with Crippen LogP contribution in [0.3, 0.4) is 0 Å². The van der Waals surface area contributed by atoms with E-state index in [1.54, 1.807) is 30.3 Å². The molecule has 0 bridgehead atoms. The summed E-state index contributed by atoms with van der Waals surface area (Å²) >= 11 is 17.4. The fourth-order valence-electron chi connectivity index (χ4n) is 2.61. The van der Waals surface area contributed by atoms with Crippen LogP contribution in [0.4, 0.5) is 5.69 Å². The number of carboxylic acids is 1. The predicted octanol–water partition coefficient (Wildman–Crippen LogP) is 3.68. The number of hydrogen-bond donors (Lipinski definition) is 2. The van der Waals surface area contributed by atoms with Gasteiger partial charge in [0.15, 0.2) is 11.2 Å². The van der Waals surface area contributed by atoms with Crippen molar-refractivity contribution in [3.63, 3.8) is 0 Å². The van der Waals surface area contributed by atoms with Crippen LogP contribution in [0, 0.1) is 0 Å². The summed E-state index contributed by atoms with van der Waals surface area (Å²) in [5, 5.41) is 11.6. The Morgan fingerprint density at radius 1 is 1.20 bits per heavy atom. The van der Waals surface area contributed by atoms with Gasteiger partial charge in [-0.3, -0.25) is 19.8 Å². The molecule has 2 aromatic carbocycles. The van der Waals surface area contributed by atoms with E-state index < -0.39 is 23.9 Å². The van der Waals surface area contributed by atoms with Crippen molar-refractivity contribution >= 4 is 70.1 Å². The van der Waals surface area contributed by atoms with Gasteiger partial charge < -0.3 is 9.84 Å². The second kappa shape index (κ2) is 8.83. The fraction of sp³-hybridized carbons (Fsp3) is 0.100. The summed E-state index contributed by atoms with van der Waals surface area (Å²) in [7, 11) is 0. The van der Waals surface area contributed by atoms with Crippen molar-refractivity contribution in [1.29, 1.82) is 0 Å². The number of carbonyl (C=O) groups is 3. The zero-order valence-electron chi connectivity index (χ0n) is 15.4. The Balaban J connectivity index is 1.91. The van der Waals surface area contributed by atoms with Crippen molar-refractivity contribution in [3.8, 4) is 5.75 Å². The van der Waals surface area contributed by atoms with Crippen molar-refractivity contribution in [1.82, 2.24) is 5.32 Å². The topological polar surface area (TPSA) is 95.9 Å². The van der Waals surface area contributed by atoms with Crippen LogP contribution in [0.15, 0.2) is 48.0 Å². The number of carboxylic acid groups (broad SMARTS) is 1. The number of halogens is 2. The number of aliphatic carboxylic acids is 1. The van der Waals surface area contributed by atoms with Crippen molar-refractivity contribution in [2.24, 2.45) is 0 Å². The minimum atomic E-state index is -1.10. The van der Waals surface area contributed by atoms with Gasteiger partial charge in [-0.05, 0) is 55.0 Å². The highest BCUT2D eigenvalue weighted by Crippen LogP contribution is 2.34. The summed E-state index contributed by atoms with van der Waals surface area (Å²) in [6, 6.07) is 11.0. The van der Waals surface area contributed by atoms with Crippen LogP contribution in [0.1, 0.15) is 12.5 Å². The number of nitrogens with one attached hydrogen (secondary N) is 1. The second-order valence-electron chi connectivity index (χ2n) is 6.20. The molecule has 0 unspecified atom stereocenters. The maximum Gasteiger partial charge on any atom is 0.344 e. The SMILES string of the molecule is C[C@H](Oc1ccc(/C=C2/C(=O)NC(=S)N(c3cccc(Cl)c3Cl)C2=O)cc1)C(=O)O. The second-order valence-corrected chi connectivity index (χ2v) is 7.37. The molecule has 1 heterocycles. The van der Waals surface area contributed by atoms with E-state index in [1.807, 2.05) is 0 Å². The van der Waals surface area contributed by atoms with Gasteiger partial charge in [0.05, 0.1) is 15.7 Å². The molecule has 1 fully saturated rings. The van der Waals surface area contributed by atoms with Crippen LogP contribution in [0.5, 0.6) is 5.75 Å². The molecule has 1 atom stereocenters. The number of carbonyl (C=O) groups excluding carboxylic acids is 2. The Kier molecular flexibility index (Phi) is 6.40. The van der Waals surface area contributed by atoms with Crippen LogP contribution in [0.25, 0.3) is 6.08 Å². The normalized spacial score (nSPS) is 16.4. The lowest BCUT2D eigenvalue weighted by Crippen LogP contribution is -2.54. The molecule has 154 valence electrons. The Morgan fingerprint density at radius 3 is 2.50 bits per heavy atom. The summed E-state index contributed by atoms with van der Waals surface area (Å²) in [5.74, 6) is -2.08. The summed E-state index contributed by atoms with van der Waals surface area (Å²) in [6.07, 6.45) is 0.367. The molecule has 0 radical (unpaired) electrons. The quantitative estimate of drug-likeness (QED) is 0.398. The number of amides is 2. The van der Waals surface area contributed by atoms with Gasteiger partial charge >= 0.3 is 5.97 Å². The maximum absolute atomic E-state index is 13.0. The number of hydrogen-bond acceptors (Lipinski definition) is 5. The molecule has 30 heavy (non-hydrogen) atoms. The molecule has 0 aliphatic carbocycles. The summed E-state index contributed by atoms with van der Waals surface area (Å²) in [4.78, 5) is 37.4. The van der Waals surface area contributed by atoms with Crippen LogP contribution >= 0.6 is 35.4 Å². The number of anilines is 1. The third-order valence-electron chi connectivity index (χ3n) is 4.13. The Bertz CT molecular complexity index is 1090. The first-order chi connectivity index (χ1) is 14.2. The van der Waals surface area contributed by atoms with E-state index in [2.05, 4.69) is 5.32 Å². The first kappa shape index (κ1) is 21.8. The molecule has 3 rings (SSSR count). The molecule has 2 amide bonds. The number of rotatable bonds is 5. The standard InChI is InChI=1S/C20H14Cl2N2O5S/c1-10(19(27)28)29-12-7-5-11(6-8-12)9-13-17(25)23-20(30)24(18(13)26)15-4-2-3-14(21)16(15)22/h2-10H,1H3,(H,27,28)(H,23,25,30)/b13-9-/t10-/m0/s1. The van der Waals surface area contributed by atoms with Crippen LogP contribution < -0.4 is 15.0 Å². The minimum absolute atomic E-state index is 0.113. The van der Waals surface area contributed by atoms with Gasteiger partial charge in [0.2, 0.25) is 0 Å². The molecule has 2 aromatic rings. The highest BCUT2D eigenvalue weighted by Gasteiger charge is 2.35. The third-order valence-corrected chi connectivity index (χ3v) is 5.22. The molecule has 1 saturated heterocycles. The van der Waals surface area contributed by atoms with Crippen LogP contribution in [-0.4, -0.2) is 34.1 Å². The van der Waals surface area contributed by atoms with E-state index in [-0.39, 0.29) is 26.4 Å². The average Bonchev–Trinajstić information content (AvgIpc) is 2.69. The molecular weight excluding hydrogens is 451 g/mol. The Hall–Kier alpha value is -2.94. The summed E-state index contributed by atoms with van der Waals surface area (Å²) < 4.78 is 5.26. The number of thiocarbonyl (C=S) groups is 1. The van der Waals surface area contributed by atoms with Gasteiger partial charge in [0.25, 0.3) is 11.8 Å². The molecule has 10 heteroatoms. The highest BCUT2D eigenvalue weighted by molar-refractivity contribution is 7.80. The first-order valence-electron chi connectivity index (χ1n) is 8.54. The van der Waals surface area contributed by atoms with E-state index >= 15 is 0 Å². The van der Waals surface area contributed by atoms with E-state index in [1.165, 1.54) is 25.1 Å². The van der Waals surface area contributed by atoms with Crippen LogP contribution in [0.2, 0.25) is 10.0 Å². The zero-order valence-corrected chi connectivity index (χ0v) is 17.7. The zero-order chi connectivity index (χ0) is 22.0. The van der Waals surface area contributed by atoms with Gasteiger partial charge in [-0.2, -0.15) is 0 Å². The number of nitrogens with zero attached hydrogens (tertiary/aromatic N) is 1. The van der Waals surface area contributed by atoms with Crippen molar-refractivity contribution in [2.45, 2.75) is 13.0 Å². The molecule has 0 saturated carbocycles. The Labute approximate surface area is 186 Å². The van der Waals surface area contributed by atoms with E-state index in [0.29, 0.717) is 11.3 Å². The highest BCUT2D eigenvalue weighted by atomic mass is 35.5. The van der Waals surface area contributed by atoms with E-state index in [9.17, 15) is 14.4 Å². The first-order valence-corrected chi connectivity index (χ1v) is 9.70. The lowest BCUT2D eigenvalue weighted by Gasteiger charge is -2.29. The van der Waals surface area contributed by atoms with Gasteiger partial charge in [0, 0.05) is 0 Å². The van der Waals surface area contributed by atoms with Gasteiger partial charge in [-0.25, -0.2) is 4.79 Å². The summed E-state index contributed by atoms with van der Waals surface area (Å²) in [5.41, 5.74) is 0.609. The smallest absolute Gasteiger partial charge is 0.344 e. The maximum atomic E-state index is 13.0. The number of ether oxygens (including phenoxy) is 1. The lowest BCUT2D eigenvalue weighted by atomic mass is 10.1. The van der Waals surface area contributed by atoms with Crippen LogP contribution in [-0.2, 0) is 14.4 Å². The molecule has 0 aromatic heterocycles. The van der Waals surface area contributed by atoms with Crippen molar-refractivity contribution in [3.05, 3.63) is 63.6 Å². The molecule has 1 aliphatic heterocycles. The lowest BCUT2D eigenvalue weighted by molar-refractivity contribution is -0.144. The van der Waals surface area contributed by atoms with Gasteiger partial charge in [0.1, 0.15) is 11.3 Å². The third kappa shape index (κ3) is 4.46. The molecule has 1 aliphatic rings. The Morgan fingerprint density at radius 2 is 1.87 bits per heavy atom. The number of benzene rings is 2. The largest absolute Gasteiger partial charge is 0.479 e. The molecule has 7 nitrogen and oxygen atoms in total. The molecular formula is C20H14Cl2N2O5S. The van der Waals surface area contributed by atoms with E-state index in [4.69, 9.17) is 45.3 Å². The van der Waals surface area contributed by atoms with Gasteiger partial charge in [-0.15, -0.1) is 0 Å². The molecule has 2 N–H and O–H groups in total. The van der Waals surface area contributed by atoms with Crippen molar-refractivity contribution in [2.75, 3.05) is 4.90 Å². The predicted molar refractivity (Wildman–Crippen MR) is 117 cm³/mol. The molecule has 0 spiro atoms. The minimum Gasteiger partial charge on any atom is -0.479 e. The summed E-state index contributed by atoms with van der Waals surface area (Å²) in [6.45, 7) is 1.40. The monoisotopic (exact) mass is 464 g/mol. The van der Waals surface area contributed by atoms with E-state index in [0.717, 1.165) is 4.90 Å². The fourth-order valence-corrected chi connectivity index (χ4v) is 3.26. The van der Waals surface area contributed by atoms with Crippen molar-refractivity contribution < 1.29 is 24.2 Å². The average molecular weight is 465 g/mol.